The quantitative estimate of drug-likeness (QED) is 0.752. The number of anilines is 1. The van der Waals surface area contributed by atoms with Crippen molar-refractivity contribution in [3.05, 3.63) is 24.0 Å². The summed E-state index contributed by atoms with van der Waals surface area (Å²) in [6.45, 7) is 0. The van der Waals surface area contributed by atoms with Crippen LogP contribution in [0.15, 0.2) is 18.2 Å². The summed E-state index contributed by atoms with van der Waals surface area (Å²) in [6, 6.07) is 3.84. The largest absolute Gasteiger partial charge is 0.508 e. The van der Waals surface area contributed by atoms with Crippen molar-refractivity contribution in [1.82, 2.24) is 10.2 Å². The van der Waals surface area contributed by atoms with Crippen molar-refractivity contribution in [2.75, 3.05) is 5.73 Å². The number of nitrogen functional groups attached to an aromatic ring is 1. The first kappa shape index (κ1) is 8.89. The zero-order chi connectivity index (χ0) is 10.1. The van der Waals surface area contributed by atoms with Gasteiger partial charge in [-0.15, -0.1) is 10.2 Å². The summed E-state index contributed by atoms with van der Waals surface area (Å²) in [4.78, 5) is 0. The van der Waals surface area contributed by atoms with Gasteiger partial charge in [0.05, 0.1) is 0 Å². The number of phenolic OH excluding ortho intramolecular Hbond substituents is 1. The smallest absolute Gasteiger partial charge is 0.203 e. The van der Waals surface area contributed by atoms with Gasteiger partial charge in [-0.2, -0.15) is 0 Å². The van der Waals surface area contributed by atoms with Crippen molar-refractivity contribution in [2.24, 2.45) is 0 Å². The zero-order valence-electron chi connectivity index (χ0n) is 6.94. The molecule has 6 heteroatoms. The fourth-order valence-corrected chi connectivity index (χ4v) is 1.66. The minimum Gasteiger partial charge on any atom is -0.508 e. The summed E-state index contributed by atoms with van der Waals surface area (Å²) >= 11 is 1.09. The molecule has 0 radical (unpaired) electrons. The van der Waals surface area contributed by atoms with Gasteiger partial charge in [0, 0.05) is 11.6 Å². The maximum absolute atomic E-state index is 13.3. The molecule has 3 N–H and O–H groups in total. The Morgan fingerprint density at radius 3 is 2.71 bits per heavy atom. The number of benzene rings is 1. The van der Waals surface area contributed by atoms with Crippen LogP contribution in [0, 0.1) is 5.82 Å². The van der Waals surface area contributed by atoms with E-state index in [1.165, 1.54) is 12.1 Å². The lowest BCUT2D eigenvalue weighted by atomic mass is 10.2. The van der Waals surface area contributed by atoms with E-state index in [-0.39, 0.29) is 16.4 Å². The fraction of sp³-hybridized carbons (Fsp3) is 0. The second-order valence-electron chi connectivity index (χ2n) is 2.61. The second kappa shape index (κ2) is 3.22. The van der Waals surface area contributed by atoms with Crippen molar-refractivity contribution < 1.29 is 9.50 Å². The predicted octanol–water partition coefficient (Wildman–Crippen LogP) is 1.63. The summed E-state index contributed by atoms with van der Waals surface area (Å²) in [5, 5.41) is 17.0. The van der Waals surface area contributed by atoms with E-state index in [1.54, 1.807) is 0 Å². The molecule has 0 amide bonds. The molecule has 0 spiro atoms. The van der Waals surface area contributed by atoms with Crippen LogP contribution < -0.4 is 5.73 Å². The molecule has 0 saturated heterocycles. The Hall–Kier alpha value is -1.69. The van der Waals surface area contributed by atoms with Gasteiger partial charge < -0.3 is 10.8 Å². The molecule has 4 nitrogen and oxygen atoms in total. The van der Waals surface area contributed by atoms with Crippen molar-refractivity contribution in [3.63, 3.8) is 0 Å². The van der Waals surface area contributed by atoms with E-state index in [9.17, 15) is 4.39 Å². The van der Waals surface area contributed by atoms with Gasteiger partial charge in [0.1, 0.15) is 11.6 Å². The molecule has 14 heavy (non-hydrogen) atoms. The summed E-state index contributed by atoms with van der Waals surface area (Å²) in [7, 11) is 0. The van der Waals surface area contributed by atoms with Gasteiger partial charge in [0.25, 0.3) is 0 Å². The number of nitrogens with zero attached hydrogens (tertiary/aromatic N) is 2. The first-order valence-corrected chi connectivity index (χ1v) is 4.56. The van der Waals surface area contributed by atoms with Crippen LogP contribution in [0.4, 0.5) is 9.52 Å². The third-order valence-corrected chi connectivity index (χ3v) is 2.41. The Morgan fingerprint density at radius 1 is 1.36 bits per heavy atom. The summed E-state index contributed by atoms with van der Waals surface area (Å²) in [5.74, 6) is -0.662. The lowest BCUT2D eigenvalue weighted by Gasteiger charge is -1.97. The Kier molecular flexibility index (Phi) is 2.05. The van der Waals surface area contributed by atoms with Crippen LogP contribution in [0.5, 0.6) is 5.75 Å². The topological polar surface area (TPSA) is 72.0 Å². The van der Waals surface area contributed by atoms with E-state index in [0.29, 0.717) is 5.01 Å². The van der Waals surface area contributed by atoms with E-state index in [4.69, 9.17) is 10.8 Å². The third-order valence-electron chi connectivity index (χ3n) is 1.62. The number of aromatic nitrogens is 2. The molecule has 1 heterocycles. The van der Waals surface area contributed by atoms with Crippen LogP contribution in [-0.2, 0) is 0 Å². The first-order chi connectivity index (χ1) is 6.66. The Balaban J connectivity index is 2.52. The lowest BCUT2D eigenvalue weighted by Crippen LogP contribution is -1.83. The average Bonchev–Trinajstić information content (AvgIpc) is 2.51. The number of aromatic hydroxyl groups is 1. The van der Waals surface area contributed by atoms with Gasteiger partial charge in [0.15, 0.2) is 5.01 Å². The van der Waals surface area contributed by atoms with E-state index < -0.39 is 5.82 Å². The molecule has 2 aromatic rings. The molecule has 0 aliphatic carbocycles. The Morgan fingerprint density at radius 2 is 2.14 bits per heavy atom. The molecule has 0 saturated carbocycles. The van der Waals surface area contributed by atoms with Crippen LogP contribution in [-0.4, -0.2) is 15.3 Å². The van der Waals surface area contributed by atoms with Gasteiger partial charge >= 0.3 is 0 Å². The second-order valence-corrected chi connectivity index (χ2v) is 3.62. The average molecular weight is 211 g/mol. The van der Waals surface area contributed by atoms with Gasteiger partial charge in [-0.1, -0.05) is 11.3 Å². The maximum Gasteiger partial charge on any atom is 0.203 e. The highest BCUT2D eigenvalue weighted by molar-refractivity contribution is 7.18. The van der Waals surface area contributed by atoms with Gasteiger partial charge in [-0.05, 0) is 12.1 Å². The zero-order valence-corrected chi connectivity index (χ0v) is 7.75. The molecular formula is C8H6FN3OS. The molecular weight excluding hydrogens is 205 g/mol. The molecule has 1 aromatic heterocycles. The third kappa shape index (κ3) is 1.51. The van der Waals surface area contributed by atoms with E-state index in [2.05, 4.69) is 10.2 Å². The summed E-state index contributed by atoms with van der Waals surface area (Å²) in [5.41, 5.74) is 5.66. The summed E-state index contributed by atoms with van der Waals surface area (Å²) < 4.78 is 13.3. The van der Waals surface area contributed by atoms with Gasteiger partial charge in [-0.25, -0.2) is 4.39 Å². The molecule has 2 rings (SSSR count). The molecule has 0 atom stereocenters. The highest BCUT2D eigenvalue weighted by Gasteiger charge is 2.10. The van der Waals surface area contributed by atoms with Crippen LogP contribution >= 0.6 is 11.3 Å². The van der Waals surface area contributed by atoms with Gasteiger partial charge in [0.2, 0.25) is 5.13 Å². The summed E-state index contributed by atoms with van der Waals surface area (Å²) in [6.07, 6.45) is 0. The van der Waals surface area contributed by atoms with Crippen LogP contribution in [0.1, 0.15) is 0 Å². The molecule has 0 aliphatic heterocycles. The number of phenols is 1. The first-order valence-electron chi connectivity index (χ1n) is 3.74. The number of rotatable bonds is 1. The SMILES string of the molecule is Nc1nnc(-c2ccc(O)cc2F)s1. The molecule has 1 aromatic carbocycles. The van der Waals surface area contributed by atoms with Crippen molar-refractivity contribution >= 4 is 16.5 Å². The monoisotopic (exact) mass is 211 g/mol. The van der Waals surface area contributed by atoms with Crippen molar-refractivity contribution in [1.29, 1.82) is 0 Å². The molecule has 0 fully saturated rings. The van der Waals surface area contributed by atoms with Crippen LogP contribution in [0.2, 0.25) is 0 Å². The Labute approximate surface area is 82.8 Å². The number of hydrogen-bond acceptors (Lipinski definition) is 5. The predicted molar refractivity (Wildman–Crippen MR) is 51.4 cm³/mol. The van der Waals surface area contributed by atoms with E-state index in [1.807, 2.05) is 0 Å². The van der Waals surface area contributed by atoms with E-state index >= 15 is 0 Å². The minimum absolute atomic E-state index is 0.122. The van der Waals surface area contributed by atoms with Gasteiger partial charge in [-0.3, -0.25) is 0 Å². The van der Waals surface area contributed by atoms with Crippen molar-refractivity contribution in [3.8, 4) is 16.3 Å². The highest BCUT2D eigenvalue weighted by atomic mass is 32.1. The molecule has 0 bridgehead atoms. The highest BCUT2D eigenvalue weighted by Crippen LogP contribution is 2.28. The fourth-order valence-electron chi connectivity index (χ4n) is 1.02. The molecule has 72 valence electrons. The normalized spacial score (nSPS) is 10.4. The minimum atomic E-state index is -0.541. The number of halogens is 1. The lowest BCUT2D eigenvalue weighted by molar-refractivity contribution is 0.469. The number of nitrogens with two attached hydrogens (primary N) is 1. The Bertz CT molecular complexity index is 471. The van der Waals surface area contributed by atoms with Crippen LogP contribution in [0.25, 0.3) is 10.6 Å². The standard InChI is InChI=1S/C8H6FN3OS/c9-6-3-4(13)1-2-5(6)7-11-12-8(10)14-7/h1-3,13H,(H2,10,12). The van der Waals surface area contributed by atoms with E-state index in [0.717, 1.165) is 17.4 Å². The maximum atomic E-state index is 13.3. The molecule has 0 aliphatic rings. The van der Waals surface area contributed by atoms with Crippen LogP contribution in [0.3, 0.4) is 0 Å². The molecule has 0 unspecified atom stereocenters. The van der Waals surface area contributed by atoms with Crippen molar-refractivity contribution in [2.45, 2.75) is 0 Å². The number of hydrogen-bond donors (Lipinski definition) is 2.